The first-order valence-corrected chi connectivity index (χ1v) is 6.93. The number of carbonyl (C=O) groups excluding carboxylic acids is 1. The summed E-state index contributed by atoms with van der Waals surface area (Å²) in [6.07, 6.45) is 0.939. The van der Waals surface area contributed by atoms with Crippen LogP contribution in [0.1, 0.15) is 16.7 Å². The topological polar surface area (TPSA) is 32.3 Å². The van der Waals surface area contributed by atoms with Gasteiger partial charge in [0.1, 0.15) is 0 Å². The molecule has 0 aliphatic carbocycles. The van der Waals surface area contributed by atoms with Gasteiger partial charge in [0.05, 0.1) is 0 Å². The van der Waals surface area contributed by atoms with Gasteiger partial charge in [-0.2, -0.15) is 0 Å². The Bertz CT molecular complexity index is 619. The summed E-state index contributed by atoms with van der Waals surface area (Å²) in [6.45, 7) is 3.39. The van der Waals surface area contributed by atoms with Crippen molar-refractivity contribution >= 4 is 11.7 Å². The Balaban J connectivity index is 1.65. The number of fused-ring (bicyclic) bond motifs is 1. The molecule has 0 atom stereocenters. The van der Waals surface area contributed by atoms with E-state index in [4.69, 9.17) is 0 Å². The fraction of sp³-hybridized carbons (Fsp3) is 0.235. The molecule has 0 saturated heterocycles. The summed E-state index contributed by atoms with van der Waals surface area (Å²) in [6, 6.07) is 16.3. The number of nitrogens with zero attached hydrogens (tertiary/aromatic N) is 1. The average molecular weight is 266 g/mol. The van der Waals surface area contributed by atoms with Gasteiger partial charge in [0.15, 0.2) is 0 Å². The third-order valence-electron chi connectivity index (χ3n) is 3.70. The molecule has 0 fully saturated rings. The second-order valence-corrected chi connectivity index (χ2v) is 5.17. The molecule has 0 radical (unpaired) electrons. The van der Waals surface area contributed by atoms with E-state index in [1.54, 1.807) is 0 Å². The maximum absolute atomic E-state index is 12.3. The first kappa shape index (κ1) is 12.7. The van der Waals surface area contributed by atoms with Crippen LogP contribution in [0.15, 0.2) is 48.5 Å². The maximum atomic E-state index is 12.3. The molecule has 1 aliphatic heterocycles. The van der Waals surface area contributed by atoms with Crippen LogP contribution < -0.4 is 10.2 Å². The molecule has 1 N–H and O–H groups in total. The fourth-order valence-corrected chi connectivity index (χ4v) is 2.53. The largest absolute Gasteiger partial charge is 0.334 e. The number of hydrogen-bond acceptors (Lipinski definition) is 1. The van der Waals surface area contributed by atoms with E-state index >= 15 is 0 Å². The van der Waals surface area contributed by atoms with Crippen molar-refractivity contribution in [2.45, 2.75) is 19.9 Å². The average Bonchev–Trinajstić information content (AvgIpc) is 2.90. The van der Waals surface area contributed by atoms with Gasteiger partial charge in [-0.05, 0) is 30.5 Å². The first-order valence-electron chi connectivity index (χ1n) is 6.93. The van der Waals surface area contributed by atoms with E-state index < -0.39 is 0 Å². The number of para-hydroxylation sites is 1. The summed E-state index contributed by atoms with van der Waals surface area (Å²) in [5.41, 5.74) is 4.64. The van der Waals surface area contributed by atoms with Gasteiger partial charge in [-0.15, -0.1) is 0 Å². The number of nitrogens with one attached hydrogen (secondary N) is 1. The molecule has 3 nitrogen and oxygen atoms in total. The molecule has 2 aromatic carbocycles. The van der Waals surface area contributed by atoms with E-state index in [1.807, 2.05) is 35.2 Å². The third kappa shape index (κ3) is 2.52. The Hall–Kier alpha value is -2.29. The third-order valence-corrected chi connectivity index (χ3v) is 3.70. The molecule has 3 rings (SSSR count). The van der Waals surface area contributed by atoms with Crippen molar-refractivity contribution in [1.29, 1.82) is 0 Å². The van der Waals surface area contributed by atoms with Crippen molar-refractivity contribution in [2.75, 3.05) is 11.4 Å². The molecular formula is C17H18N2O. The van der Waals surface area contributed by atoms with E-state index in [1.165, 1.54) is 11.1 Å². The summed E-state index contributed by atoms with van der Waals surface area (Å²) in [5.74, 6) is 0. The minimum absolute atomic E-state index is 0.0180. The van der Waals surface area contributed by atoms with Gasteiger partial charge in [-0.3, -0.25) is 4.90 Å². The summed E-state index contributed by atoms with van der Waals surface area (Å²) >= 11 is 0. The lowest BCUT2D eigenvalue weighted by Crippen LogP contribution is -2.38. The van der Waals surface area contributed by atoms with Gasteiger partial charge in [0, 0.05) is 18.8 Å². The minimum atomic E-state index is -0.0180. The number of carbonyl (C=O) groups is 1. The highest BCUT2D eigenvalue weighted by Crippen LogP contribution is 2.27. The smallest absolute Gasteiger partial charge is 0.322 e. The normalized spacial score (nSPS) is 13.2. The Labute approximate surface area is 119 Å². The quantitative estimate of drug-likeness (QED) is 0.889. The molecule has 2 aromatic rings. The highest BCUT2D eigenvalue weighted by atomic mass is 16.2. The lowest BCUT2D eigenvalue weighted by molar-refractivity contribution is 0.246. The molecule has 1 heterocycles. The summed E-state index contributed by atoms with van der Waals surface area (Å²) in [7, 11) is 0. The number of aryl methyl sites for hydroxylation is 1. The van der Waals surface area contributed by atoms with Crippen LogP contribution in [0.3, 0.4) is 0 Å². The summed E-state index contributed by atoms with van der Waals surface area (Å²) < 4.78 is 0. The zero-order chi connectivity index (χ0) is 13.9. The highest BCUT2D eigenvalue weighted by Gasteiger charge is 2.23. The first-order chi connectivity index (χ1) is 9.74. The standard InChI is InChI=1S/C17H18N2O/c1-13-6-8-14(9-7-13)12-18-17(20)19-11-10-15-4-2-3-5-16(15)19/h2-9H,10-12H2,1H3,(H,18,20). The predicted molar refractivity (Wildman–Crippen MR) is 80.9 cm³/mol. The van der Waals surface area contributed by atoms with Crippen LogP contribution in [0.25, 0.3) is 0 Å². The molecule has 0 aromatic heterocycles. The Morgan fingerprint density at radius 2 is 1.90 bits per heavy atom. The van der Waals surface area contributed by atoms with Crippen LogP contribution in [0.5, 0.6) is 0 Å². The van der Waals surface area contributed by atoms with Crippen LogP contribution in [-0.4, -0.2) is 12.6 Å². The van der Waals surface area contributed by atoms with Crippen molar-refractivity contribution in [3.05, 3.63) is 65.2 Å². The molecule has 3 heteroatoms. The van der Waals surface area contributed by atoms with Gasteiger partial charge in [-0.1, -0.05) is 48.0 Å². The predicted octanol–water partition coefficient (Wildman–Crippen LogP) is 3.27. The lowest BCUT2D eigenvalue weighted by atomic mass is 10.1. The molecule has 20 heavy (non-hydrogen) atoms. The molecular weight excluding hydrogens is 248 g/mol. The van der Waals surface area contributed by atoms with Crippen molar-refractivity contribution in [3.8, 4) is 0 Å². The van der Waals surface area contributed by atoms with Crippen LogP contribution in [-0.2, 0) is 13.0 Å². The molecule has 0 bridgehead atoms. The number of anilines is 1. The Kier molecular flexibility index (Phi) is 3.42. The summed E-state index contributed by atoms with van der Waals surface area (Å²) in [4.78, 5) is 14.1. The second-order valence-electron chi connectivity index (χ2n) is 5.17. The lowest BCUT2D eigenvalue weighted by Gasteiger charge is -2.18. The fourth-order valence-electron chi connectivity index (χ4n) is 2.53. The zero-order valence-corrected chi connectivity index (χ0v) is 11.6. The van der Waals surface area contributed by atoms with Crippen LogP contribution in [0, 0.1) is 6.92 Å². The number of rotatable bonds is 2. The van der Waals surface area contributed by atoms with Gasteiger partial charge in [-0.25, -0.2) is 4.79 Å². The number of amides is 2. The molecule has 0 unspecified atom stereocenters. The number of hydrogen-bond donors (Lipinski definition) is 1. The molecule has 102 valence electrons. The minimum Gasteiger partial charge on any atom is -0.334 e. The molecule has 0 saturated carbocycles. The number of benzene rings is 2. The van der Waals surface area contributed by atoms with E-state index in [2.05, 4.69) is 30.4 Å². The monoisotopic (exact) mass is 266 g/mol. The van der Waals surface area contributed by atoms with Gasteiger partial charge >= 0.3 is 6.03 Å². The Morgan fingerprint density at radius 3 is 2.70 bits per heavy atom. The van der Waals surface area contributed by atoms with Crippen molar-refractivity contribution in [2.24, 2.45) is 0 Å². The maximum Gasteiger partial charge on any atom is 0.322 e. The molecule has 2 amide bonds. The van der Waals surface area contributed by atoms with E-state index in [0.717, 1.165) is 24.2 Å². The van der Waals surface area contributed by atoms with E-state index in [-0.39, 0.29) is 6.03 Å². The SMILES string of the molecule is Cc1ccc(CNC(=O)N2CCc3ccccc32)cc1. The zero-order valence-electron chi connectivity index (χ0n) is 11.6. The van der Waals surface area contributed by atoms with Gasteiger partial charge in [0.25, 0.3) is 0 Å². The van der Waals surface area contributed by atoms with Crippen LogP contribution in [0.2, 0.25) is 0 Å². The molecule has 0 spiro atoms. The van der Waals surface area contributed by atoms with Gasteiger partial charge in [0.2, 0.25) is 0 Å². The van der Waals surface area contributed by atoms with E-state index in [0.29, 0.717) is 6.54 Å². The van der Waals surface area contributed by atoms with Crippen molar-refractivity contribution in [1.82, 2.24) is 5.32 Å². The van der Waals surface area contributed by atoms with Crippen LogP contribution >= 0.6 is 0 Å². The highest BCUT2D eigenvalue weighted by molar-refractivity contribution is 5.94. The van der Waals surface area contributed by atoms with Gasteiger partial charge < -0.3 is 5.32 Å². The van der Waals surface area contributed by atoms with E-state index in [9.17, 15) is 4.79 Å². The molecule has 1 aliphatic rings. The van der Waals surface area contributed by atoms with Crippen molar-refractivity contribution in [3.63, 3.8) is 0 Å². The summed E-state index contributed by atoms with van der Waals surface area (Å²) in [5, 5.41) is 2.99. The van der Waals surface area contributed by atoms with Crippen LogP contribution in [0.4, 0.5) is 10.5 Å². The Morgan fingerprint density at radius 1 is 1.15 bits per heavy atom. The van der Waals surface area contributed by atoms with Crippen molar-refractivity contribution < 1.29 is 4.79 Å². The number of urea groups is 1. The second kappa shape index (κ2) is 5.37.